The van der Waals surface area contributed by atoms with Crippen molar-refractivity contribution in [2.45, 2.75) is 51.6 Å². The summed E-state index contributed by atoms with van der Waals surface area (Å²) in [7, 11) is 2.13. The van der Waals surface area contributed by atoms with Crippen LogP contribution in [0.3, 0.4) is 0 Å². The van der Waals surface area contributed by atoms with Gasteiger partial charge in [-0.25, -0.2) is 0 Å². The molecule has 4 heteroatoms. The van der Waals surface area contributed by atoms with Crippen molar-refractivity contribution < 1.29 is 4.79 Å². The van der Waals surface area contributed by atoms with E-state index in [0.29, 0.717) is 18.4 Å². The van der Waals surface area contributed by atoms with Gasteiger partial charge in [0.05, 0.1) is 0 Å². The molecule has 0 aromatic carbocycles. The van der Waals surface area contributed by atoms with Gasteiger partial charge in [0.25, 0.3) is 0 Å². The lowest BCUT2D eigenvalue weighted by molar-refractivity contribution is -0.133. The summed E-state index contributed by atoms with van der Waals surface area (Å²) in [5, 5.41) is 0. The zero-order valence-electron chi connectivity index (χ0n) is 11.5. The van der Waals surface area contributed by atoms with Crippen LogP contribution in [-0.4, -0.2) is 54.5 Å². The van der Waals surface area contributed by atoms with Gasteiger partial charge >= 0.3 is 0 Å². The van der Waals surface area contributed by atoms with E-state index < -0.39 is 0 Å². The molecule has 1 saturated heterocycles. The highest BCUT2D eigenvalue weighted by atomic mass is 16.2. The third-order valence-corrected chi connectivity index (χ3v) is 3.42. The lowest BCUT2D eigenvalue weighted by Gasteiger charge is -2.28. The number of hydrogen-bond donors (Lipinski definition) is 1. The van der Waals surface area contributed by atoms with Gasteiger partial charge < -0.3 is 15.5 Å². The summed E-state index contributed by atoms with van der Waals surface area (Å²) < 4.78 is 0. The summed E-state index contributed by atoms with van der Waals surface area (Å²) in [6, 6.07) is 0.542. The van der Waals surface area contributed by atoms with Crippen molar-refractivity contribution in [3.8, 4) is 0 Å². The first-order valence-corrected chi connectivity index (χ1v) is 6.74. The van der Waals surface area contributed by atoms with E-state index in [9.17, 15) is 4.79 Å². The number of nitrogens with two attached hydrogens (primary N) is 1. The molecule has 2 N–H and O–H groups in total. The van der Waals surface area contributed by atoms with Gasteiger partial charge in [-0.15, -0.1) is 0 Å². The molecule has 0 radical (unpaired) electrons. The van der Waals surface area contributed by atoms with Gasteiger partial charge in [-0.1, -0.05) is 0 Å². The number of rotatable bonds is 4. The zero-order chi connectivity index (χ0) is 12.8. The van der Waals surface area contributed by atoms with Gasteiger partial charge in [-0.05, 0) is 46.7 Å². The second kappa shape index (κ2) is 6.97. The molecule has 1 aliphatic heterocycles. The monoisotopic (exact) mass is 241 g/mol. The minimum absolute atomic E-state index is 0.204. The van der Waals surface area contributed by atoms with E-state index in [4.69, 9.17) is 5.73 Å². The molecule has 0 aromatic rings. The van der Waals surface area contributed by atoms with E-state index in [0.717, 1.165) is 38.9 Å². The molecule has 1 aliphatic rings. The predicted octanol–water partition coefficient (Wildman–Crippen LogP) is 1.06. The molecule has 2 unspecified atom stereocenters. The van der Waals surface area contributed by atoms with Crippen molar-refractivity contribution in [3.05, 3.63) is 0 Å². The van der Waals surface area contributed by atoms with Crippen molar-refractivity contribution in [2.24, 2.45) is 5.73 Å². The van der Waals surface area contributed by atoms with Crippen LogP contribution in [0.2, 0.25) is 0 Å². The Hall–Kier alpha value is -0.610. The minimum Gasteiger partial charge on any atom is -0.339 e. The first-order valence-electron chi connectivity index (χ1n) is 6.74. The second-order valence-corrected chi connectivity index (χ2v) is 5.42. The molecule has 0 aliphatic carbocycles. The van der Waals surface area contributed by atoms with Crippen LogP contribution in [-0.2, 0) is 4.79 Å². The van der Waals surface area contributed by atoms with Crippen molar-refractivity contribution in [3.63, 3.8) is 0 Å². The van der Waals surface area contributed by atoms with E-state index in [1.54, 1.807) is 0 Å². The first-order chi connectivity index (χ1) is 8.00. The number of likely N-dealkylation sites (N-methyl/N-ethyl adjacent to an activating group) is 1. The fraction of sp³-hybridized carbons (Fsp3) is 0.923. The molecule has 1 fully saturated rings. The Labute approximate surface area is 105 Å². The van der Waals surface area contributed by atoms with Gasteiger partial charge in [0.15, 0.2) is 0 Å². The maximum atomic E-state index is 12.1. The number of amides is 1. The van der Waals surface area contributed by atoms with Crippen molar-refractivity contribution in [1.82, 2.24) is 9.80 Å². The Morgan fingerprint density at radius 3 is 2.82 bits per heavy atom. The van der Waals surface area contributed by atoms with Crippen LogP contribution in [0, 0.1) is 0 Å². The molecule has 17 heavy (non-hydrogen) atoms. The van der Waals surface area contributed by atoms with E-state index >= 15 is 0 Å². The van der Waals surface area contributed by atoms with Crippen LogP contribution in [0.5, 0.6) is 0 Å². The Balaban J connectivity index is 2.38. The predicted molar refractivity (Wildman–Crippen MR) is 70.8 cm³/mol. The van der Waals surface area contributed by atoms with Gasteiger partial charge in [0, 0.05) is 31.6 Å². The molecule has 0 bridgehead atoms. The molecule has 2 atom stereocenters. The van der Waals surface area contributed by atoms with Crippen LogP contribution in [0.25, 0.3) is 0 Å². The Kier molecular flexibility index (Phi) is 5.92. The van der Waals surface area contributed by atoms with E-state index in [1.807, 2.05) is 11.8 Å². The lowest BCUT2D eigenvalue weighted by atomic mass is 10.1. The van der Waals surface area contributed by atoms with Crippen LogP contribution >= 0.6 is 0 Å². The van der Waals surface area contributed by atoms with Crippen LogP contribution in [0.1, 0.15) is 39.5 Å². The van der Waals surface area contributed by atoms with Gasteiger partial charge in [0.2, 0.25) is 5.91 Å². The zero-order valence-corrected chi connectivity index (χ0v) is 11.5. The highest BCUT2D eigenvalue weighted by Gasteiger charge is 2.23. The number of hydrogen-bond acceptors (Lipinski definition) is 3. The fourth-order valence-corrected chi connectivity index (χ4v) is 2.46. The van der Waals surface area contributed by atoms with Crippen LogP contribution in [0.4, 0.5) is 0 Å². The summed E-state index contributed by atoms with van der Waals surface area (Å²) in [6.07, 6.45) is 3.58. The summed E-state index contributed by atoms with van der Waals surface area (Å²) in [4.78, 5) is 16.5. The van der Waals surface area contributed by atoms with E-state index in [1.165, 1.54) is 0 Å². The average molecular weight is 241 g/mol. The summed E-state index contributed by atoms with van der Waals surface area (Å²) in [6.45, 7) is 7.12. The molecule has 4 nitrogen and oxygen atoms in total. The number of carbonyl (C=O) groups excluding carboxylic acids is 1. The largest absolute Gasteiger partial charge is 0.339 e. The third kappa shape index (κ3) is 5.04. The molecular weight excluding hydrogens is 214 g/mol. The molecule has 1 amide bonds. The van der Waals surface area contributed by atoms with Gasteiger partial charge in [0.1, 0.15) is 0 Å². The Morgan fingerprint density at radius 1 is 1.47 bits per heavy atom. The second-order valence-electron chi connectivity index (χ2n) is 5.42. The van der Waals surface area contributed by atoms with Crippen LogP contribution in [0.15, 0.2) is 0 Å². The molecule has 1 heterocycles. The lowest BCUT2D eigenvalue weighted by Crippen LogP contribution is -2.41. The van der Waals surface area contributed by atoms with Crippen molar-refractivity contribution >= 4 is 5.91 Å². The van der Waals surface area contributed by atoms with Crippen molar-refractivity contribution in [2.75, 3.05) is 26.7 Å². The third-order valence-electron chi connectivity index (χ3n) is 3.42. The maximum absolute atomic E-state index is 12.1. The topological polar surface area (TPSA) is 49.6 Å². The van der Waals surface area contributed by atoms with E-state index in [2.05, 4.69) is 18.9 Å². The molecule has 1 rings (SSSR count). The highest BCUT2D eigenvalue weighted by Crippen LogP contribution is 2.12. The molecule has 0 saturated carbocycles. The number of nitrogens with zero attached hydrogens (tertiary/aromatic N) is 2. The summed E-state index contributed by atoms with van der Waals surface area (Å²) >= 11 is 0. The molecule has 0 spiro atoms. The van der Waals surface area contributed by atoms with E-state index in [-0.39, 0.29) is 6.04 Å². The minimum atomic E-state index is 0.204. The molecule has 0 aromatic heterocycles. The van der Waals surface area contributed by atoms with Crippen LogP contribution < -0.4 is 5.73 Å². The highest BCUT2D eigenvalue weighted by molar-refractivity contribution is 5.76. The Morgan fingerprint density at radius 2 is 2.18 bits per heavy atom. The van der Waals surface area contributed by atoms with Gasteiger partial charge in [-0.2, -0.15) is 0 Å². The molecule has 100 valence electrons. The SMILES string of the molecule is CC(N)CCCC(=O)N1CCCN(C)CC1C. The normalized spacial score (nSPS) is 24.5. The average Bonchev–Trinajstić information content (AvgIpc) is 2.38. The molecular formula is C13H27N3O. The van der Waals surface area contributed by atoms with Gasteiger partial charge in [-0.3, -0.25) is 4.79 Å². The first kappa shape index (κ1) is 14.5. The standard InChI is InChI=1S/C13H27N3O/c1-11(14)6-4-7-13(17)16-9-5-8-15(3)10-12(16)2/h11-12H,4-10,14H2,1-3H3. The Bertz CT molecular complexity index is 243. The smallest absolute Gasteiger partial charge is 0.222 e. The quantitative estimate of drug-likeness (QED) is 0.800. The maximum Gasteiger partial charge on any atom is 0.222 e. The van der Waals surface area contributed by atoms with Crippen molar-refractivity contribution in [1.29, 1.82) is 0 Å². The number of carbonyl (C=O) groups is 1. The summed E-state index contributed by atoms with van der Waals surface area (Å²) in [5.74, 6) is 0.299. The summed E-state index contributed by atoms with van der Waals surface area (Å²) in [5.41, 5.74) is 5.70. The fourth-order valence-electron chi connectivity index (χ4n) is 2.46.